The molecule has 2 aromatic carbocycles. The fourth-order valence-electron chi connectivity index (χ4n) is 1.92. The molecule has 3 rings (SSSR count). The monoisotopic (exact) mass is 327 g/mol. The van der Waals surface area contributed by atoms with E-state index < -0.39 is 0 Å². The molecule has 1 N–H and O–H groups in total. The van der Waals surface area contributed by atoms with Crippen molar-refractivity contribution in [2.45, 2.75) is 6.92 Å². The van der Waals surface area contributed by atoms with Gasteiger partial charge in [0.25, 0.3) is 0 Å². The first-order valence-electron chi connectivity index (χ1n) is 6.78. The summed E-state index contributed by atoms with van der Waals surface area (Å²) in [6.45, 7) is 2.07. The van der Waals surface area contributed by atoms with Crippen molar-refractivity contribution >= 4 is 34.3 Å². The summed E-state index contributed by atoms with van der Waals surface area (Å²) in [7, 11) is 0. The van der Waals surface area contributed by atoms with Crippen molar-refractivity contribution in [2.75, 3.05) is 5.43 Å². The first-order chi connectivity index (χ1) is 10.7. The predicted octanol–water partition coefficient (Wildman–Crippen LogP) is 5.22. The minimum Gasteiger partial charge on any atom is -0.253 e. The molecule has 0 atom stereocenters. The maximum absolute atomic E-state index is 6.07. The number of thiazole rings is 1. The quantitative estimate of drug-likeness (QED) is 0.527. The number of rotatable bonds is 4. The lowest BCUT2D eigenvalue weighted by Gasteiger charge is -1.98. The lowest BCUT2D eigenvalue weighted by molar-refractivity contribution is 1.29. The van der Waals surface area contributed by atoms with Gasteiger partial charge in [0.15, 0.2) is 0 Å². The summed E-state index contributed by atoms with van der Waals surface area (Å²) in [5, 5.41) is 7.62. The number of nitrogens with zero attached hydrogens (tertiary/aromatic N) is 2. The highest BCUT2D eigenvalue weighted by atomic mass is 35.5. The van der Waals surface area contributed by atoms with Crippen LogP contribution in [0.5, 0.6) is 0 Å². The third-order valence-corrected chi connectivity index (χ3v) is 4.21. The zero-order valence-corrected chi connectivity index (χ0v) is 13.5. The zero-order chi connectivity index (χ0) is 15.4. The van der Waals surface area contributed by atoms with Crippen LogP contribution in [0.4, 0.5) is 5.13 Å². The molecule has 22 heavy (non-hydrogen) atoms. The molecule has 0 bridgehead atoms. The number of aromatic nitrogens is 1. The number of benzene rings is 2. The van der Waals surface area contributed by atoms with Gasteiger partial charge in [-0.15, -0.1) is 11.3 Å². The molecule has 1 heterocycles. The Hall–Kier alpha value is -2.17. The van der Waals surface area contributed by atoms with E-state index in [0.29, 0.717) is 5.02 Å². The average molecular weight is 328 g/mol. The van der Waals surface area contributed by atoms with E-state index in [0.717, 1.165) is 22.0 Å². The number of halogens is 1. The third kappa shape index (κ3) is 3.53. The number of anilines is 1. The van der Waals surface area contributed by atoms with Crippen LogP contribution in [0, 0.1) is 6.92 Å². The standard InChI is InChI=1S/C17H14ClN3S/c1-12-6-8-13(9-7-12)16-11-22-17(20-16)21-19-10-14-4-2-3-5-15(14)18/h2-11H,1H3,(H,20,21). The summed E-state index contributed by atoms with van der Waals surface area (Å²) >= 11 is 7.59. The highest BCUT2D eigenvalue weighted by Crippen LogP contribution is 2.25. The molecule has 0 saturated carbocycles. The van der Waals surface area contributed by atoms with Crippen LogP contribution in [0.1, 0.15) is 11.1 Å². The second-order valence-electron chi connectivity index (χ2n) is 4.80. The number of hydrogen-bond donors (Lipinski definition) is 1. The molecule has 0 aliphatic carbocycles. The summed E-state index contributed by atoms with van der Waals surface area (Å²) in [5.41, 5.74) is 7.09. The van der Waals surface area contributed by atoms with Crippen molar-refractivity contribution in [3.05, 3.63) is 70.1 Å². The second kappa shape index (κ2) is 6.73. The Balaban J connectivity index is 1.70. The number of aryl methyl sites for hydroxylation is 1. The molecule has 0 aliphatic rings. The van der Waals surface area contributed by atoms with Crippen LogP contribution in [-0.4, -0.2) is 11.2 Å². The van der Waals surface area contributed by atoms with Crippen LogP contribution in [-0.2, 0) is 0 Å². The maximum atomic E-state index is 6.07. The van der Waals surface area contributed by atoms with Crippen molar-refractivity contribution in [1.82, 2.24) is 4.98 Å². The van der Waals surface area contributed by atoms with Crippen molar-refractivity contribution in [3.63, 3.8) is 0 Å². The molecule has 0 amide bonds. The Labute approximate surface area is 138 Å². The third-order valence-electron chi connectivity index (χ3n) is 3.12. The first-order valence-corrected chi connectivity index (χ1v) is 8.04. The first kappa shape index (κ1) is 14.8. The van der Waals surface area contributed by atoms with Crippen molar-refractivity contribution in [1.29, 1.82) is 0 Å². The molecule has 0 spiro atoms. The van der Waals surface area contributed by atoms with Crippen LogP contribution >= 0.6 is 22.9 Å². The van der Waals surface area contributed by atoms with Gasteiger partial charge >= 0.3 is 0 Å². The summed E-state index contributed by atoms with van der Waals surface area (Å²) < 4.78 is 0. The number of hydrogen-bond acceptors (Lipinski definition) is 4. The molecule has 0 radical (unpaired) electrons. The molecule has 5 heteroatoms. The Morgan fingerprint density at radius 1 is 1.14 bits per heavy atom. The van der Waals surface area contributed by atoms with Gasteiger partial charge in [-0.1, -0.05) is 59.6 Å². The van der Waals surface area contributed by atoms with Gasteiger partial charge in [-0.05, 0) is 13.0 Å². The fourth-order valence-corrected chi connectivity index (χ4v) is 2.77. The maximum Gasteiger partial charge on any atom is 0.203 e. The van der Waals surface area contributed by atoms with Gasteiger partial charge in [-0.2, -0.15) is 5.10 Å². The van der Waals surface area contributed by atoms with Gasteiger partial charge in [-0.25, -0.2) is 4.98 Å². The number of hydrazone groups is 1. The van der Waals surface area contributed by atoms with E-state index in [9.17, 15) is 0 Å². The zero-order valence-electron chi connectivity index (χ0n) is 12.0. The van der Waals surface area contributed by atoms with Crippen LogP contribution < -0.4 is 5.43 Å². The molecule has 110 valence electrons. The summed E-state index contributed by atoms with van der Waals surface area (Å²) in [4.78, 5) is 4.52. The van der Waals surface area contributed by atoms with Gasteiger partial charge in [-0.3, -0.25) is 5.43 Å². The van der Waals surface area contributed by atoms with Gasteiger partial charge in [0.05, 0.1) is 11.9 Å². The molecular formula is C17H14ClN3S. The van der Waals surface area contributed by atoms with Gasteiger partial charge in [0.1, 0.15) is 0 Å². The Kier molecular flexibility index (Phi) is 4.51. The molecule has 0 saturated heterocycles. The van der Waals surface area contributed by atoms with E-state index in [2.05, 4.69) is 46.7 Å². The van der Waals surface area contributed by atoms with Crippen LogP contribution in [0.2, 0.25) is 5.02 Å². The molecule has 0 fully saturated rings. The molecule has 3 nitrogen and oxygen atoms in total. The van der Waals surface area contributed by atoms with Gasteiger partial charge < -0.3 is 0 Å². The van der Waals surface area contributed by atoms with E-state index in [-0.39, 0.29) is 0 Å². The Bertz CT molecular complexity index is 794. The second-order valence-corrected chi connectivity index (χ2v) is 6.06. The molecule has 1 aromatic heterocycles. The Morgan fingerprint density at radius 2 is 1.91 bits per heavy atom. The van der Waals surface area contributed by atoms with Gasteiger partial charge in [0.2, 0.25) is 5.13 Å². The average Bonchev–Trinajstić information content (AvgIpc) is 2.99. The summed E-state index contributed by atoms with van der Waals surface area (Å²) in [6.07, 6.45) is 1.69. The normalized spacial score (nSPS) is 11.0. The molecular weight excluding hydrogens is 314 g/mol. The number of nitrogens with one attached hydrogen (secondary N) is 1. The lowest BCUT2D eigenvalue weighted by atomic mass is 10.1. The van der Waals surface area contributed by atoms with E-state index in [1.165, 1.54) is 16.9 Å². The predicted molar refractivity (Wildman–Crippen MR) is 95.0 cm³/mol. The van der Waals surface area contributed by atoms with Crippen LogP contribution in [0.25, 0.3) is 11.3 Å². The summed E-state index contributed by atoms with van der Waals surface area (Å²) in [5.74, 6) is 0. The van der Waals surface area contributed by atoms with E-state index >= 15 is 0 Å². The molecule has 3 aromatic rings. The van der Waals surface area contributed by atoms with Crippen molar-refractivity contribution in [3.8, 4) is 11.3 Å². The van der Waals surface area contributed by atoms with Gasteiger partial charge in [0, 0.05) is 21.5 Å². The largest absolute Gasteiger partial charge is 0.253 e. The SMILES string of the molecule is Cc1ccc(-c2csc(NN=Cc3ccccc3Cl)n2)cc1. The van der Waals surface area contributed by atoms with Crippen molar-refractivity contribution < 1.29 is 0 Å². The summed E-state index contributed by atoms with van der Waals surface area (Å²) in [6, 6.07) is 15.9. The van der Waals surface area contributed by atoms with E-state index in [4.69, 9.17) is 11.6 Å². The molecule has 0 unspecified atom stereocenters. The minimum atomic E-state index is 0.674. The highest BCUT2D eigenvalue weighted by molar-refractivity contribution is 7.14. The van der Waals surface area contributed by atoms with E-state index in [1.807, 2.05) is 29.6 Å². The van der Waals surface area contributed by atoms with E-state index in [1.54, 1.807) is 6.21 Å². The highest BCUT2D eigenvalue weighted by Gasteiger charge is 2.03. The lowest BCUT2D eigenvalue weighted by Crippen LogP contribution is -1.90. The molecule has 0 aliphatic heterocycles. The minimum absolute atomic E-state index is 0.674. The van der Waals surface area contributed by atoms with Crippen molar-refractivity contribution in [2.24, 2.45) is 5.10 Å². The van der Waals surface area contributed by atoms with Crippen LogP contribution in [0.3, 0.4) is 0 Å². The Morgan fingerprint density at radius 3 is 2.68 bits per heavy atom. The smallest absolute Gasteiger partial charge is 0.203 e. The topological polar surface area (TPSA) is 37.3 Å². The van der Waals surface area contributed by atoms with Crippen LogP contribution in [0.15, 0.2) is 59.0 Å². The fraction of sp³-hybridized carbons (Fsp3) is 0.0588.